The van der Waals surface area contributed by atoms with Crippen LogP contribution in [0, 0.1) is 5.41 Å². The number of sulfonamides is 1. The molecule has 2 saturated carbocycles. The summed E-state index contributed by atoms with van der Waals surface area (Å²) in [7, 11) is 0.126. The highest BCUT2D eigenvalue weighted by molar-refractivity contribution is 7.89. The second-order valence-corrected chi connectivity index (χ2v) is 16.1. The Morgan fingerprint density at radius 3 is 2.40 bits per heavy atom. The molecule has 2 unspecified atom stereocenters. The van der Waals surface area contributed by atoms with E-state index < -0.39 is 21.3 Å². The number of benzene rings is 2. The third-order valence-electron chi connectivity index (χ3n) is 11.4. The number of hydrogen-bond acceptors (Lipinski definition) is 6. The molecule has 1 N–H and O–H groups in total. The number of fused-ring (bicyclic) bond motifs is 9. The molecule has 4 fully saturated rings. The molecule has 10 heteroatoms. The van der Waals surface area contributed by atoms with Gasteiger partial charge in [-0.1, -0.05) is 25.3 Å². The normalized spacial score (nSPS) is 27.8. The molecule has 238 valence electrons. The average molecular weight is 631 g/mol. The molecule has 3 aliphatic heterocycles. The van der Waals surface area contributed by atoms with Crippen molar-refractivity contribution >= 4 is 32.7 Å². The first-order chi connectivity index (χ1) is 21.6. The first kappa shape index (κ1) is 29.1. The number of amides is 2. The highest BCUT2D eigenvalue weighted by atomic mass is 32.2. The molecule has 2 amide bonds. The minimum Gasteiger partial charge on any atom is -0.497 e. The van der Waals surface area contributed by atoms with Gasteiger partial charge in [0.1, 0.15) is 5.75 Å². The molecule has 2 aliphatic carbocycles. The SMILES string of the molecule is COc1ccc2c(c1)C1CC1(C(=O)N1[C@@H]3CC[C@H]1CN(C)C3)Cn1c-2c(C2CCCCC2)c2ccc(C(=O)NS(C)(=O)=O)cc21. The molecule has 1 aromatic heterocycles. The van der Waals surface area contributed by atoms with E-state index in [1.165, 1.54) is 30.4 Å². The predicted molar refractivity (Wildman–Crippen MR) is 173 cm³/mol. The zero-order chi connectivity index (χ0) is 31.2. The number of aromatic nitrogens is 1. The average Bonchev–Trinajstić information content (AvgIpc) is 3.60. The van der Waals surface area contributed by atoms with Gasteiger partial charge in [-0.2, -0.15) is 0 Å². The maximum Gasteiger partial charge on any atom is 0.264 e. The molecule has 9 nitrogen and oxygen atoms in total. The van der Waals surface area contributed by atoms with Crippen molar-refractivity contribution in [1.29, 1.82) is 0 Å². The number of nitrogens with zero attached hydrogens (tertiary/aromatic N) is 3. The highest BCUT2D eigenvalue weighted by Crippen LogP contribution is 2.66. The Kier molecular flexibility index (Phi) is 6.66. The molecule has 0 radical (unpaired) electrons. The summed E-state index contributed by atoms with van der Waals surface area (Å²) in [5.41, 5.74) is 5.39. The molecule has 0 spiro atoms. The van der Waals surface area contributed by atoms with E-state index in [1.54, 1.807) is 13.2 Å². The fourth-order valence-corrected chi connectivity index (χ4v) is 9.81. The van der Waals surface area contributed by atoms with Crippen LogP contribution in [0.2, 0.25) is 0 Å². The minimum absolute atomic E-state index is 0.0834. The van der Waals surface area contributed by atoms with Crippen LogP contribution in [-0.2, 0) is 21.4 Å². The van der Waals surface area contributed by atoms with E-state index >= 15 is 0 Å². The standard InChI is InChI=1S/C35H42N4O5S/c1-37-18-23-10-11-24(19-37)39(23)34(41)35-17-29(35)28-16-25(44-2)12-14-26(28)32-31(21-7-5-4-6-8-21)27-13-9-22(15-30(27)38(32)20-35)33(40)36-45(3,42)43/h9,12-16,21,23-24,29H,4-8,10-11,17-20H2,1-3H3,(H,36,40)/t23-,24+,29?,35?. The van der Waals surface area contributed by atoms with Gasteiger partial charge in [-0.05, 0) is 86.5 Å². The second kappa shape index (κ2) is 10.3. The number of ether oxygens (including phenoxy) is 1. The molecule has 8 rings (SSSR count). The summed E-state index contributed by atoms with van der Waals surface area (Å²) < 4.78 is 34.1. The van der Waals surface area contributed by atoms with Crippen LogP contribution >= 0.6 is 0 Å². The van der Waals surface area contributed by atoms with Crippen molar-refractivity contribution in [2.45, 2.75) is 81.8 Å². The van der Waals surface area contributed by atoms with E-state index in [2.05, 4.69) is 38.3 Å². The Labute approximate surface area is 264 Å². The van der Waals surface area contributed by atoms with E-state index in [0.29, 0.717) is 18.0 Å². The van der Waals surface area contributed by atoms with Crippen LogP contribution in [-0.4, -0.2) is 80.2 Å². The van der Waals surface area contributed by atoms with Gasteiger partial charge in [0.05, 0.1) is 24.5 Å². The molecular formula is C35H42N4O5S. The first-order valence-corrected chi connectivity index (χ1v) is 18.3. The lowest BCUT2D eigenvalue weighted by Gasteiger charge is -2.41. The lowest BCUT2D eigenvalue weighted by Crippen LogP contribution is -2.57. The number of likely N-dealkylation sites (N-methyl/N-ethyl adjacent to an activating group) is 1. The molecule has 4 heterocycles. The van der Waals surface area contributed by atoms with Gasteiger partial charge in [-0.15, -0.1) is 0 Å². The van der Waals surface area contributed by atoms with Crippen LogP contribution in [0.1, 0.15) is 84.7 Å². The number of hydrogen-bond donors (Lipinski definition) is 1. The Morgan fingerprint density at radius 1 is 0.978 bits per heavy atom. The first-order valence-electron chi connectivity index (χ1n) is 16.5. The summed E-state index contributed by atoms with van der Waals surface area (Å²) in [6.45, 7) is 2.36. The largest absolute Gasteiger partial charge is 0.497 e. The van der Waals surface area contributed by atoms with Gasteiger partial charge in [0, 0.05) is 59.7 Å². The van der Waals surface area contributed by atoms with Crippen molar-refractivity contribution < 1.29 is 22.7 Å². The second-order valence-electron chi connectivity index (χ2n) is 14.3. The predicted octanol–water partition coefficient (Wildman–Crippen LogP) is 4.85. The maximum absolute atomic E-state index is 14.9. The molecule has 2 bridgehead atoms. The summed E-state index contributed by atoms with van der Waals surface area (Å²) in [4.78, 5) is 32.6. The number of carbonyl (C=O) groups excluding carboxylic acids is 2. The third kappa shape index (κ3) is 4.61. The fourth-order valence-electron chi connectivity index (χ4n) is 9.35. The van der Waals surface area contributed by atoms with Crippen LogP contribution < -0.4 is 9.46 Å². The Bertz CT molecular complexity index is 1830. The van der Waals surface area contributed by atoms with Gasteiger partial charge >= 0.3 is 0 Å². The van der Waals surface area contributed by atoms with Gasteiger partial charge in [0.25, 0.3) is 5.91 Å². The Hall–Kier alpha value is -3.37. The van der Waals surface area contributed by atoms with Crippen molar-refractivity contribution in [3.05, 3.63) is 53.1 Å². The summed E-state index contributed by atoms with van der Waals surface area (Å²) in [5, 5.41) is 1.09. The van der Waals surface area contributed by atoms with E-state index in [4.69, 9.17) is 4.74 Å². The quantitative estimate of drug-likeness (QED) is 0.433. The van der Waals surface area contributed by atoms with Crippen molar-refractivity contribution in [3.63, 3.8) is 0 Å². The van der Waals surface area contributed by atoms with Gasteiger partial charge in [-0.25, -0.2) is 13.1 Å². The number of methoxy groups -OCH3 is 1. The lowest BCUT2D eigenvalue weighted by molar-refractivity contribution is -0.143. The van der Waals surface area contributed by atoms with Crippen molar-refractivity contribution in [2.75, 3.05) is 33.5 Å². The van der Waals surface area contributed by atoms with Gasteiger partial charge in [-0.3, -0.25) is 9.59 Å². The molecular weight excluding hydrogens is 588 g/mol. The van der Waals surface area contributed by atoms with E-state index in [1.807, 2.05) is 18.2 Å². The number of rotatable bonds is 5. The van der Waals surface area contributed by atoms with Crippen LogP contribution in [0.15, 0.2) is 36.4 Å². The zero-order valence-electron chi connectivity index (χ0n) is 26.3. The summed E-state index contributed by atoms with van der Waals surface area (Å²) in [6, 6.07) is 12.4. The van der Waals surface area contributed by atoms with Crippen molar-refractivity contribution in [2.24, 2.45) is 5.41 Å². The molecule has 4 atom stereocenters. The zero-order valence-corrected chi connectivity index (χ0v) is 27.2. The van der Waals surface area contributed by atoms with Gasteiger partial charge < -0.3 is 19.1 Å². The molecule has 2 saturated heterocycles. The molecule has 5 aliphatic rings. The third-order valence-corrected chi connectivity index (χ3v) is 11.9. The number of nitrogens with one attached hydrogen (secondary N) is 1. The Morgan fingerprint density at radius 2 is 1.71 bits per heavy atom. The van der Waals surface area contributed by atoms with Gasteiger partial charge in [0.15, 0.2) is 0 Å². The molecule has 2 aromatic carbocycles. The Balaban J connectivity index is 1.34. The topological polar surface area (TPSA) is 101 Å². The van der Waals surface area contributed by atoms with Crippen molar-refractivity contribution in [1.82, 2.24) is 19.1 Å². The van der Waals surface area contributed by atoms with E-state index in [0.717, 1.165) is 79.4 Å². The molecule has 3 aromatic rings. The van der Waals surface area contributed by atoms with Crippen LogP contribution in [0.25, 0.3) is 22.2 Å². The maximum atomic E-state index is 14.9. The molecule has 45 heavy (non-hydrogen) atoms. The van der Waals surface area contributed by atoms with Crippen molar-refractivity contribution in [3.8, 4) is 17.0 Å². The number of carbonyl (C=O) groups is 2. The van der Waals surface area contributed by atoms with E-state index in [-0.39, 0.29) is 23.9 Å². The lowest BCUT2D eigenvalue weighted by atomic mass is 9.81. The van der Waals surface area contributed by atoms with Crippen LogP contribution in [0.3, 0.4) is 0 Å². The number of piperazine rings is 1. The smallest absolute Gasteiger partial charge is 0.264 e. The van der Waals surface area contributed by atoms with E-state index in [9.17, 15) is 18.0 Å². The fraction of sp³-hybridized carbons (Fsp3) is 0.543. The number of likely N-dealkylation sites (tertiary alicyclic amines) is 1. The monoisotopic (exact) mass is 630 g/mol. The van der Waals surface area contributed by atoms with Gasteiger partial charge in [0.2, 0.25) is 15.9 Å². The van der Waals surface area contributed by atoms with Crippen LogP contribution in [0.4, 0.5) is 0 Å². The summed E-state index contributed by atoms with van der Waals surface area (Å²) in [6.07, 6.45) is 9.68. The summed E-state index contributed by atoms with van der Waals surface area (Å²) >= 11 is 0. The highest BCUT2D eigenvalue weighted by Gasteiger charge is 2.65. The minimum atomic E-state index is -3.72. The van der Waals surface area contributed by atoms with Crippen LogP contribution in [0.5, 0.6) is 5.75 Å². The summed E-state index contributed by atoms with van der Waals surface area (Å²) in [5.74, 6) is 0.877.